The average Bonchev–Trinajstić information content (AvgIpc) is 3.34. The largest absolute Gasteiger partial charge is 0.497 e. The zero-order valence-electron chi connectivity index (χ0n) is 22.9. The molecular weight excluding hydrogens is 551 g/mol. The standard InChI is InChI=1S/C29H32F3N7OS/c1-18(19-7-9-20(40-2)10-8-19)36-23-6-3-11-28(23)12-15-39(16-13-28)26-21(17-33)37-27(25(34)38-26)41-22-5-4-14-35-24(22)29(30,31)32/h4-5,7-10,14,18,23,36H,3,6,11-13,15-16H2,1-2H3,(H2,34,38). The van der Waals surface area contributed by atoms with Crippen LogP contribution < -0.4 is 20.7 Å². The Hall–Kier alpha value is -3.56. The van der Waals surface area contributed by atoms with Crippen LogP contribution in [-0.4, -0.2) is 41.2 Å². The lowest BCUT2D eigenvalue weighted by atomic mass is 9.73. The van der Waals surface area contributed by atoms with E-state index in [2.05, 4.69) is 45.4 Å². The molecule has 2 unspecified atom stereocenters. The third-order valence-electron chi connectivity index (χ3n) is 8.25. The predicted molar refractivity (Wildman–Crippen MR) is 151 cm³/mol. The Labute approximate surface area is 241 Å². The molecule has 12 heteroatoms. The first-order valence-corrected chi connectivity index (χ1v) is 14.4. The van der Waals surface area contributed by atoms with Crippen LogP contribution in [0.25, 0.3) is 0 Å². The number of nitrogen functional groups attached to an aromatic ring is 1. The molecule has 0 bridgehead atoms. The number of hydrogen-bond donors (Lipinski definition) is 2. The highest BCUT2D eigenvalue weighted by atomic mass is 32.2. The Morgan fingerprint density at radius 1 is 1.17 bits per heavy atom. The molecule has 1 saturated heterocycles. The Morgan fingerprint density at radius 3 is 2.56 bits per heavy atom. The SMILES string of the molecule is COc1ccc(C(C)NC2CCCC23CCN(c2nc(N)c(Sc4cccnc4C(F)(F)F)nc2C#N)CC3)cc1. The van der Waals surface area contributed by atoms with Crippen LogP contribution in [0.2, 0.25) is 0 Å². The zero-order valence-corrected chi connectivity index (χ0v) is 23.7. The van der Waals surface area contributed by atoms with Crippen molar-refractivity contribution in [2.24, 2.45) is 5.41 Å². The van der Waals surface area contributed by atoms with Crippen LogP contribution in [0, 0.1) is 16.7 Å². The molecule has 3 aromatic rings. The number of nitrogens with two attached hydrogens (primary N) is 1. The van der Waals surface area contributed by atoms with Gasteiger partial charge in [-0.05, 0) is 67.9 Å². The molecule has 1 saturated carbocycles. The van der Waals surface area contributed by atoms with Crippen molar-refractivity contribution >= 4 is 23.4 Å². The number of benzene rings is 1. The normalized spacial score (nSPS) is 19.2. The number of anilines is 2. The third kappa shape index (κ3) is 6.06. The highest BCUT2D eigenvalue weighted by molar-refractivity contribution is 7.99. The molecule has 0 amide bonds. The lowest BCUT2D eigenvalue weighted by Crippen LogP contribution is -2.49. The van der Waals surface area contributed by atoms with Gasteiger partial charge in [-0.25, -0.2) is 9.97 Å². The van der Waals surface area contributed by atoms with Crippen molar-refractivity contribution in [2.45, 2.75) is 67.2 Å². The molecule has 0 radical (unpaired) electrons. The number of hydrogen-bond acceptors (Lipinski definition) is 9. The van der Waals surface area contributed by atoms with Crippen molar-refractivity contribution in [1.29, 1.82) is 5.26 Å². The van der Waals surface area contributed by atoms with Gasteiger partial charge in [0.15, 0.2) is 23.0 Å². The molecule has 8 nitrogen and oxygen atoms in total. The van der Waals surface area contributed by atoms with Gasteiger partial charge in [0.05, 0.1) is 7.11 Å². The molecule has 3 heterocycles. The summed E-state index contributed by atoms with van der Waals surface area (Å²) in [6.07, 6.45) is 1.70. The van der Waals surface area contributed by atoms with E-state index in [9.17, 15) is 18.4 Å². The molecule has 2 aliphatic rings. The molecule has 5 rings (SSSR count). The Kier molecular flexibility index (Phi) is 8.29. The van der Waals surface area contributed by atoms with Crippen LogP contribution in [0.1, 0.15) is 62.0 Å². The van der Waals surface area contributed by atoms with E-state index in [1.165, 1.54) is 17.7 Å². The summed E-state index contributed by atoms with van der Waals surface area (Å²) in [5.74, 6) is 1.19. The fourth-order valence-electron chi connectivity index (χ4n) is 6.04. The van der Waals surface area contributed by atoms with E-state index in [0.717, 1.165) is 44.1 Å². The summed E-state index contributed by atoms with van der Waals surface area (Å²) >= 11 is 0.708. The van der Waals surface area contributed by atoms with E-state index >= 15 is 0 Å². The van der Waals surface area contributed by atoms with Gasteiger partial charge in [0, 0.05) is 36.3 Å². The number of rotatable bonds is 7. The van der Waals surface area contributed by atoms with Gasteiger partial charge in [-0.3, -0.25) is 4.98 Å². The number of aromatic nitrogens is 3. The Balaban J connectivity index is 1.29. The first kappa shape index (κ1) is 29.0. The van der Waals surface area contributed by atoms with Crippen molar-refractivity contribution in [2.75, 3.05) is 30.8 Å². The number of ether oxygens (including phenoxy) is 1. The quantitative estimate of drug-likeness (QED) is 0.346. The summed E-state index contributed by atoms with van der Waals surface area (Å²) in [5, 5.41) is 13.8. The summed E-state index contributed by atoms with van der Waals surface area (Å²) in [5.41, 5.74) is 6.54. The Morgan fingerprint density at radius 2 is 1.90 bits per heavy atom. The number of alkyl halides is 3. The lowest BCUT2D eigenvalue weighted by molar-refractivity contribution is -0.143. The monoisotopic (exact) mass is 583 g/mol. The minimum absolute atomic E-state index is 0.0185. The number of nitrogens with one attached hydrogen (secondary N) is 1. The van der Waals surface area contributed by atoms with Crippen molar-refractivity contribution in [1.82, 2.24) is 20.3 Å². The maximum atomic E-state index is 13.4. The second-order valence-electron chi connectivity index (χ2n) is 10.6. The van der Waals surface area contributed by atoms with Crippen molar-refractivity contribution in [3.05, 3.63) is 59.5 Å². The molecule has 1 aliphatic heterocycles. The summed E-state index contributed by atoms with van der Waals surface area (Å²) in [4.78, 5) is 14.1. The molecule has 2 aromatic heterocycles. The zero-order chi connectivity index (χ0) is 29.2. The second-order valence-corrected chi connectivity index (χ2v) is 11.6. The van der Waals surface area contributed by atoms with Crippen molar-refractivity contribution in [3.63, 3.8) is 0 Å². The fraction of sp³-hybridized carbons (Fsp3) is 0.448. The molecule has 1 aromatic carbocycles. The maximum Gasteiger partial charge on any atom is 0.434 e. The smallest absolute Gasteiger partial charge is 0.434 e. The number of halogens is 3. The van der Waals surface area contributed by atoms with E-state index < -0.39 is 11.9 Å². The van der Waals surface area contributed by atoms with Crippen LogP contribution in [0.15, 0.2) is 52.5 Å². The van der Waals surface area contributed by atoms with Crippen LogP contribution in [-0.2, 0) is 6.18 Å². The first-order chi connectivity index (χ1) is 19.6. The number of piperidine rings is 1. The highest BCUT2D eigenvalue weighted by Crippen LogP contribution is 2.48. The van der Waals surface area contributed by atoms with Gasteiger partial charge in [-0.15, -0.1) is 0 Å². The molecule has 3 N–H and O–H groups in total. The van der Waals surface area contributed by atoms with Gasteiger partial charge >= 0.3 is 6.18 Å². The molecule has 2 fully saturated rings. The average molecular weight is 584 g/mol. The minimum Gasteiger partial charge on any atom is -0.497 e. The first-order valence-electron chi connectivity index (χ1n) is 13.6. The molecule has 1 aliphatic carbocycles. The van der Waals surface area contributed by atoms with Gasteiger partial charge in [0.2, 0.25) is 0 Å². The van der Waals surface area contributed by atoms with Crippen molar-refractivity contribution < 1.29 is 17.9 Å². The topological polar surface area (TPSA) is 113 Å². The number of nitriles is 1. The molecule has 2 atom stereocenters. The van der Waals surface area contributed by atoms with E-state index in [1.54, 1.807) is 7.11 Å². The van der Waals surface area contributed by atoms with Crippen LogP contribution in [0.5, 0.6) is 5.75 Å². The van der Waals surface area contributed by atoms with Crippen LogP contribution in [0.3, 0.4) is 0 Å². The number of methoxy groups -OCH3 is 1. The number of pyridine rings is 1. The van der Waals surface area contributed by atoms with E-state index in [1.807, 2.05) is 17.0 Å². The van der Waals surface area contributed by atoms with Crippen molar-refractivity contribution in [3.8, 4) is 11.8 Å². The van der Waals surface area contributed by atoms with Gasteiger partial charge in [0.1, 0.15) is 16.8 Å². The van der Waals surface area contributed by atoms with Gasteiger partial charge in [-0.2, -0.15) is 18.4 Å². The lowest BCUT2D eigenvalue weighted by Gasteiger charge is -2.44. The van der Waals surface area contributed by atoms with Crippen LogP contribution in [0.4, 0.5) is 24.8 Å². The molecular formula is C29H32F3N7OS. The minimum atomic E-state index is -4.63. The van der Waals surface area contributed by atoms with Gasteiger partial charge in [0.25, 0.3) is 0 Å². The maximum absolute atomic E-state index is 13.4. The molecule has 216 valence electrons. The summed E-state index contributed by atoms with van der Waals surface area (Å²) < 4.78 is 45.6. The molecule has 1 spiro atoms. The summed E-state index contributed by atoms with van der Waals surface area (Å²) in [6, 6.07) is 13.5. The highest BCUT2D eigenvalue weighted by Gasteiger charge is 2.45. The molecule has 41 heavy (non-hydrogen) atoms. The number of nitrogens with zero attached hydrogens (tertiary/aromatic N) is 5. The van der Waals surface area contributed by atoms with E-state index in [4.69, 9.17) is 10.5 Å². The predicted octanol–water partition coefficient (Wildman–Crippen LogP) is 5.99. The van der Waals surface area contributed by atoms with E-state index in [-0.39, 0.29) is 32.9 Å². The summed E-state index contributed by atoms with van der Waals surface area (Å²) in [7, 11) is 1.66. The van der Waals surface area contributed by atoms with Gasteiger partial charge < -0.3 is 20.7 Å². The van der Waals surface area contributed by atoms with Gasteiger partial charge in [-0.1, -0.05) is 30.3 Å². The fourth-order valence-corrected chi connectivity index (χ4v) is 6.94. The second kappa shape index (κ2) is 11.7. The third-order valence-corrected chi connectivity index (χ3v) is 9.30. The Bertz CT molecular complexity index is 1420. The summed E-state index contributed by atoms with van der Waals surface area (Å²) in [6.45, 7) is 3.56. The van der Waals surface area contributed by atoms with Crippen LogP contribution >= 0.6 is 11.8 Å². The van der Waals surface area contributed by atoms with E-state index in [0.29, 0.717) is 36.7 Å².